The van der Waals surface area contributed by atoms with Crippen molar-refractivity contribution in [1.29, 1.82) is 0 Å². The van der Waals surface area contributed by atoms with E-state index in [1.165, 1.54) is 11.1 Å². The molecular weight excluding hydrogens is 264 g/mol. The molecule has 0 bridgehead atoms. The highest BCUT2D eigenvalue weighted by Gasteiger charge is 2.09. The first-order valence-corrected chi connectivity index (χ1v) is 7.57. The molecule has 106 valence electrons. The molecule has 0 aromatic heterocycles. The van der Waals surface area contributed by atoms with Gasteiger partial charge in [-0.1, -0.05) is 90.7 Å². The zero-order valence-corrected chi connectivity index (χ0v) is 12.4. The molecule has 0 spiro atoms. The van der Waals surface area contributed by atoms with E-state index in [0.717, 1.165) is 12.0 Å². The predicted octanol–water partition coefficient (Wildman–Crippen LogP) is 5.06. The van der Waals surface area contributed by atoms with E-state index < -0.39 is 0 Å². The highest BCUT2D eigenvalue weighted by molar-refractivity contribution is 5.39. The van der Waals surface area contributed by atoms with Crippen LogP contribution in [0.3, 0.4) is 0 Å². The maximum Gasteiger partial charge on any atom is 0.0496 e. The summed E-state index contributed by atoms with van der Waals surface area (Å²) in [6, 6.07) is 31.3. The highest BCUT2D eigenvalue weighted by Crippen LogP contribution is 2.20. The zero-order chi connectivity index (χ0) is 15.0. The fourth-order valence-corrected chi connectivity index (χ4v) is 2.48. The molecule has 3 rings (SSSR count). The molecule has 0 aliphatic heterocycles. The van der Waals surface area contributed by atoms with Crippen LogP contribution in [0.5, 0.6) is 0 Å². The maximum atomic E-state index is 3.45. The Hall–Kier alpha value is -2.78. The first kappa shape index (κ1) is 14.2. The van der Waals surface area contributed by atoms with Gasteiger partial charge in [-0.05, 0) is 29.7 Å². The minimum absolute atomic E-state index is 0.212. The lowest BCUT2D eigenvalue weighted by molar-refractivity contribution is 0.862. The second kappa shape index (κ2) is 7.29. The molecule has 3 aromatic carbocycles. The van der Waals surface area contributed by atoms with Crippen LogP contribution in [0.1, 0.15) is 22.6 Å². The van der Waals surface area contributed by atoms with Crippen LogP contribution in [0.4, 0.5) is 0 Å². The van der Waals surface area contributed by atoms with E-state index in [-0.39, 0.29) is 5.92 Å². The van der Waals surface area contributed by atoms with Crippen molar-refractivity contribution in [3.63, 3.8) is 0 Å². The highest BCUT2D eigenvalue weighted by atomic mass is 14.1. The molecule has 0 heteroatoms. The smallest absolute Gasteiger partial charge is 0.0496 e. The number of hydrogen-bond donors (Lipinski definition) is 0. The first-order chi connectivity index (χ1) is 10.9. The molecule has 22 heavy (non-hydrogen) atoms. The lowest BCUT2D eigenvalue weighted by Crippen LogP contribution is -2.00. The molecule has 0 N–H and O–H groups in total. The van der Waals surface area contributed by atoms with Crippen LogP contribution < -0.4 is 0 Å². The Balaban J connectivity index is 1.89. The molecule has 3 aromatic rings. The molecule has 0 saturated heterocycles. The zero-order valence-electron chi connectivity index (χ0n) is 12.4. The van der Waals surface area contributed by atoms with Crippen molar-refractivity contribution in [2.45, 2.75) is 12.3 Å². The minimum atomic E-state index is 0.212. The number of rotatable bonds is 3. The van der Waals surface area contributed by atoms with Gasteiger partial charge in [-0.2, -0.15) is 0 Å². The summed E-state index contributed by atoms with van der Waals surface area (Å²) in [4.78, 5) is 0. The van der Waals surface area contributed by atoms with Gasteiger partial charge in [0, 0.05) is 11.5 Å². The normalized spacial score (nSPS) is 11.3. The molecular formula is C22H18. The molecule has 0 aliphatic carbocycles. The van der Waals surface area contributed by atoms with Crippen molar-refractivity contribution < 1.29 is 0 Å². The van der Waals surface area contributed by atoms with Gasteiger partial charge in [-0.3, -0.25) is 0 Å². The maximum absolute atomic E-state index is 3.45. The van der Waals surface area contributed by atoms with E-state index >= 15 is 0 Å². The van der Waals surface area contributed by atoms with Gasteiger partial charge in [0.1, 0.15) is 0 Å². The molecule has 0 unspecified atom stereocenters. The van der Waals surface area contributed by atoms with E-state index in [1.54, 1.807) is 0 Å². The third-order valence-electron chi connectivity index (χ3n) is 3.65. The fraction of sp³-hybridized carbons (Fsp3) is 0.0909. The van der Waals surface area contributed by atoms with Gasteiger partial charge in [-0.25, -0.2) is 0 Å². The molecule has 0 amide bonds. The number of benzene rings is 3. The van der Waals surface area contributed by atoms with Crippen LogP contribution in [-0.2, 0) is 6.42 Å². The summed E-state index contributed by atoms with van der Waals surface area (Å²) in [5.74, 6) is 6.98. The van der Waals surface area contributed by atoms with Crippen molar-refractivity contribution >= 4 is 0 Å². The summed E-state index contributed by atoms with van der Waals surface area (Å²) in [7, 11) is 0. The Morgan fingerprint density at radius 3 is 1.82 bits per heavy atom. The predicted molar refractivity (Wildman–Crippen MR) is 92.6 cm³/mol. The Bertz CT molecular complexity index is 747. The number of hydrogen-bond acceptors (Lipinski definition) is 0. The van der Waals surface area contributed by atoms with Gasteiger partial charge >= 0.3 is 0 Å². The molecule has 1 atom stereocenters. The Kier molecular flexibility index (Phi) is 4.70. The monoisotopic (exact) mass is 282 g/mol. The lowest BCUT2D eigenvalue weighted by Gasteiger charge is -2.11. The Labute approximate surface area is 132 Å². The minimum Gasteiger partial charge on any atom is -0.0893 e. The average Bonchev–Trinajstić information content (AvgIpc) is 2.61. The van der Waals surface area contributed by atoms with E-state index in [2.05, 4.69) is 78.6 Å². The summed E-state index contributed by atoms with van der Waals surface area (Å²) in [6.45, 7) is 0. The third-order valence-corrected chi connectivity index (χ3v) is 3.65. The van der Waals surface area contributed by atoms with Crippen molar-refractivity contribution in [3.05, 3.63) is 108 Å². The van der Waals surface area contributed by atoms with Crippen LogP contribution in [0.2, 0.25) is 0 Å². The van der Waals surface area contributed by atoms with Crippen molar-refractivity contribution in [2.24, 2.45) is 0 Å². The van der Waals surface area contributed by atoms with Crippen LogP contribution in [0.25, 0.3) is 0 Å². The van der Waals surface area contributed by atoms with Crippen LogP contribution in [0.15, 0.2) is 91.0 Å². The lowest BCUT2D eigenvalue weighted by atomic mass is 9.92. The summed E-state index contributed by atoms with van der Waals surface area (Å²) < 4.78 is 0. The van der Waals surface area contributed by atoms with Crippen molar-refractivity contribution in [3.8, 4) is 11.8 Å². The molecule has 0 aliphatic rings. The standard InChI is InChI=1S/C22H18/c1-4-10-19(11-5-1)16-17-22(21-14-8-3-9-15-21)18-20-12-6-2-7-13-20/h1-15,22H,18H2/t22-/m1/s1. The second-order valence-corrected chi connectivity index (χ2v) is 5.29. The second-order valence-electron chi connectivity index (χ2n) is 5.29. The fourth-order valence-electron chi connectivity index (χ4n) is 2.48. The van der Waals surface area contributed by atoms with Gasteiger partial charge in [-0.15, -0.1) is 0 Å². The molecule has 0 radical (unpaired) electrons. The Morgan fingerprint density at radius 2 is 1.18 bits per heavy atom. The van der Waals surface area contributed by atoms with Gasteiger partial charge in [0.25, 0.3) is 0 Å². The summed E-state index contributed by atoms with van der Waals surface area (Å²) >= 11 is 0. The van der Waals surface area contributed by atoms with Crippen molar-refractivity contribution in [1.82, 2.24) is 0 Å². The quantitative estimate of drug-likeness (QED) is 0.589. The van der Waals surface area contributed by atoms with E-state index in [9.17, 15) is 0 Å². The molecule has 0 nitrogen and oxygen atoms in total. The topological polar surface area (TPSA) is 0 Å². The molecule has 0 saturated carbocycles. The average molecular weight is 282 g/mol. The molecule has 0 fully saturated rings. The van der Waals surface area contributed by atoms with Crippen LogP contribution in [-0.4, -0.2) is 0 Å². The van der Waals surface area contributed by atoms with E-state index in [1.807, 2.05) is 24.3 Å². The van der Waals surface area contributed by atoms with Crippen molar-refractivity contribution in [2.75, 3.05) is 0 Å². The SMILES string of the molecule is C(#C[C@H](Cc1ccccc1)c1ccccc1)c1ccccc1. The summed E-state index contributed by atoms with van der Waals surface area (Å²) in [5, 5.41) is 0. The third kappa shape index (κ3) is 3.87. The van der Waals surface area contributed by atoms with Gasteiger partial charge in [0.05, 0.1) is 0 Å². The Morgan fingerprint density at radius 1 is 0.636 bits per heavy atom. The first-order valence-electron chi connectivity index (χ1n) is 7.57. The van der Waals surface area contributed by atoms with Crippen LogP contribution in [0, 0.1) is 11.8 Å². The van der Waals surface area contributed by atoms with Crippen LogP contribution >= 0.6 is 0 Å². The van der Waals surface area contributed by atoms with Gasteiger partial charge < -0.3 is 0 Å². The summed E-state index contributed by atoms with van der Waals surface area (Å²) in [5.41, 5.74) is 3.66. The van der Waals surface area contributed by atoms with Gasteiger partial charge in [0.15, 0.2) is 0 Å². The molecule has 0 heterocycles. The summed E-state index contributed by atoms with van der Waals surface area (Å²) in [6.07, 6.45) is 0.935. The van der Waals surface area contributed by atoms with E-state index in [0.29, 0.717) is 0 Å². The largest absolute Gasteiger partial charge is 0.0893 e. The van der Waals surface area contributed by atoms with Gasteiger partial charge in [0.2, 0.25) is 0 Å². The van der Waals surface area contributed by atoms with E-state index in [4.69, 9.17) is 0 Å².